The van der Waals surface area contributed by atoms with Gasteiger partial charge in [-0.3, -0.25) is 9.59 Å². The van der Waals surface area contributed by atoms with Crippen molar-refractivity contribution in [2.24, 2.45) is 5.10 Å². The van der Waals surface area contributed by atoms with Crippen LogP contribution in [0.2, 0.25) is 0 Å². The number of benzene rings is 1. The second-order valence-electron chi connectivity index (χ2n) is 6.21. The summed E-state index contributed by atoms with van der Waals surface area (Å²) in [5.41, 5.74) is 6.38. The summed E-state index contributed by atoms with van der Waals surface area (Å²) < 4.78 is 0. The minimum absolute atomic E-state index is 0.127. The van der Waals surface area contributed by atoms with E-state index in [1.165, 1.54) is 6.42 Å². The number of amides is 2. The molecule has 0 saturated carbocycles. The average Bonchev–Trinajstić information content (AvgIpc) is 2.54. The Morgan fingerprint density at radius 3 is 2.42 bits per heavy atom. The van der Waals surface area contributed by atoms with Gasteiger partial charge >= 0.3 is 0 Å². The molecule has 1 aromatic carbocycles. The van der Waals surface area contributed by atoms with E-state index in [4.69, 9.17) is 0 Å². The van der Waals surface area contributed by atoms with Gasteiger partial charge in [-0.05, 0) is 45.2 Å². The van der Waals surface area contributed by atoms with E-state index in [9.17, 15) is 9.59 Å². The molecule has 0 aliphatic heterocycles. The van der Waals surface area contributed by atoms with Gasteiger partial charge in [-0.1, -0.05) is 37.5 Å². The van der Waals surface area contributed by atoms with Crippen molar-refractivity contribution in [2.75, 3.05) is 5.32 Å². The van der Waals surface area contributed by atoms with Crippen LogP contribution in [0.25, 0.3) is 0 Å². The zero-order valence-corrected chi connectivity index (χ0v) is 15.2. The third-order valence-electron chi connectivity index (χ3n) is 3.75. The number of unbranched alkanes of at least 4 members (excludes halogenated alkanes) is 2. The van der Waals surface area contributed by atoms with E-state index >= 15 is 0 Å². The molecule has 132 valence electrons. The summed E-state index contributed by atoms with van der Waals surface area (Å²) in [6, 6.07) is 5.84. The normalized spacial score (nSPS) is 11.2. The summed E-state index contributed by atoms with van der Waals surface area (Å²) in [5, 5.41) is 6.90. The first-order valence-electron chi connectivity index (χ1n) is 8.61. The number of rotatable bonds is 9. The molecule has 1 rings (SSSR count). The number of hydrogen-bond donors (Lipinski definition) is 2. The van der Waals surface area contributed by atoms with Crippen LogP contribution in [0.5, 0.6) is 0 Å². The van der Waals surface area contributed by atoms with Crippen molar-refractivity contribution in [3.63, 3.8) is 0 Å². The maximum atomic E-state index is 11.9. The van der Waals surface area contributed by atoms with Crippen molar-refractivity contribution < 1.29 is 9.59 Å². The smallest absolute Gasteiger partial charge is 0.240 e. The summed E-state index contributed by atoms with van der Waals surface area (Å²) >= 11 is 0. The zero-order valence-electron chi connectivity index (χ0n) is 15.2. The van der Waals surface area contributed by atoms with Gasteiger partial charge in [-0.15, -0.1) is 0 Å². The molecule has 0 atom stereocenters. The Bertz CT molecular complexity index is 594. The summed E-state index contributed by atoms with van der Waals surface area (Å²) in [4.78, 5) is 23.7. The molecule has 0 unspecified atom stereocenters. The lowest BCUT2D eigenvalue weighted by molar-refractivity contribution is -0.124. The Labute approximate surface area is 144 Å². The van der Waals surface area contributed by atoms with Gasteiger partial charge in [-0.2, -0.15) is 5.10 Å². The first-order chi connectivity index (χ1) is 11.4. The highest BCUT2D eigenvalue weighted by Crippen LogP contribution is 2.16. The van der Waals surface area contributed by atoms with Crippen LogP contribution < -0.4 is 10.7 Å². The Kier molecular flexibility index (Phi) is 8.76. The van der Waals surface area contributed by atoms with E-state index < -0.39 is 0 Å². The van der Waals surface area contributed by atoms with E-state index in [1.54, 1.807) is 0 Å². The van der Waals surface area contributed by atoms with Crippen molar-refractivity contribution in [1.82, 2.24) is 5.43 Å². The van der Waals surface area contributed by atoms with Crippen molar-refractivity contribution >= 4 is 23.2 Å². The summed E-state index contributed by atoms with van der Waals surface area (Å²) in [7, 11) is 0. The van der Waals surface area contributed by atoms with Crippen LogP contribution in [-0.4, -0.2) is 17.5 Å². The maximum Gasteiger partial charge on any atom is 0.240 e. The van der Waals surface area contributed by atoms with E-state index in [0.29, 0.717) is 0 Å². The molecular weight excluding hydrogens is 302 g/mol. The first kappa shape index (κ1) is 19.9. The molecule has 24 heavy (non-hydrogen) atoms. The van der Waals surface area contributed by atoms with Crippen LogP contribution in [0.4, 0.5) is 5.69 Å². The highest BCUT2D eigenvalue weighted by Gasteiger charge is 2.08. The quantitative estimate of drug-likeness (QED) is 0.406. The SMILES string of the molecule is CCCCC/C(C)=N/NC(=O)CCC(=O)Nc1ccc(C)cc1C. The van der Waals surface area contributed by atoms with Crippen molar-refractivity contribution in [3.8, 4) is 0 Å². The number of hydrazone groups is 1. The van der Waals surface area contributed by atoms with Crippen LogP contribution in [0.3, 0.4) is 0 Å². The predicted molar refractivity (Wildman–Crippen MR) is 99.2 cm³/mol. The molecule has 0 aliphatic rings. The second-order valence-corrected chi connectivity index (χ2v) is 6.21. The van der Waals surface area contributed by atoms with E-state index in [-0.39, 0.29) is 24.7 Å². The summed E-state index contributed by atoms with van der Waals surface area (Å²) in [5.74, 6) is -0.402. The molecular formula is C19H29N3O2. The van der Waals surface area contributed by atoms with E-state index in [2.05, 4.69) is 22.8 Å². The highest BCUT2D eigenvalue weighted by molar-refractivity contribution is 5.94. The van der Waals surface area contributed by atoms with Crippen molar-refractivity contribution in [2.45, 2.75) is 66.2 Å². The Morgan fingerprint density at radius 2 is 1.75 bits per heavy atom. The zero-order chi connectivity index (χ0) is 17.9. The van der Waals surface area contributed by atoms with E-state index in [0.717, 1.165) is 41.8 Å². The molecule has 5 heteroatoms. The molecule has 2 N–H and O–H groups in total. The molecule has 0 bridgehead atoms. The topological polar surface area (TPSA) is 70.6 Å². The summed E-state index contributed by atoms with van der Waals surface area (Å²) in [6.07, 6.45) is 4.57. The molecule has 0 saturated heterocycles. The minimum Gasteiger partial charge on any atom is -0.326 e. The molecule has 0 fully saturated rings. The van der Waals surface area contributed by atoms with Crippen LogP contribution >= 0.6 is 0 Å². The average molecular weight is 331 g/mol. The van der Waals surface area contributed by atoms with Crippen LogP contribution in [-0.2, 0) is 9.59 Å². The van der Waals surface area contributed by atoms with E-state index in [1.807, 2.05) is 39.0 Å². The third-order valence-corrected chi connectivity index (χ3v) is 3.75. The predicted octanol–water partition coefficient (Wildman–Crippen LogP) is 4.09. The van der Waals surface area contributed by atoms with Gasteiger partial charge < -0.3 is 5.32 Å². The van der Waals surface area contributed by atoms with Gasteiger partial charge in [0.25, 0.3) is 0 Å². The fourth-order valence-corrected chi connectivity index (χ4v) is 2.29. The van der Waals surface area contributed by atoms with Crippen LogP contribution in [0, 0.1) is 13.8 Å². The maximum absolute atomic E-state index is 11.9. The van der Waals surface area contributed by atoms with Gasteiger partial charge in [0.2, 0.25) is 11.8 Å². The summed E-state index contributed by atoms with van der Waals surface area (Å²) in [6.45, 7) is 8.01. The van der Waals surface area contributed by atoms with Gasteiger partial charge in [0, 0.05) is 24.2 Å². The first-order valence-corrected chi connectivity index (χ1v) is 8.61. The number of anilines is 1. The number of nitrogens with zero attached hydrogens (tertiary/aromatic N) is 1. The molecule has 5 nitrogen and oxygen atoms in total. The van der Waals surface area contributed by atoms with Crippen LogP contribution in [0.1, 0.15) is 63.5 Å². The molecule has 1 aromatic rings. The fourth-order valence-electron chi connectivity index (χ4n) is 2.29. The molecule has 0 heterocycles. The molecule has 2 amide bonds. The molecule has 0 aromatic heterocycles. The monoisotopic (exact) mass is 331 g/mol. The van der Waals surface area contributed by atoms with Gasteiger partial charge in [0.05, 0.1) is 0 Å². The number of carbonyl (C=O) groups is 2. The highest BCUT2D eigenvalue weighted by atomic mass is 16.2. The van der Waals surface area contributed by atoms with Crippen molar-refractivity contribution in [3.05, 3.63) is 29.3 Å². The standard InChI is InChI=1S/C19H29N3O2/c1-5-6-7-8-16(4)21-22-19(24)12-11-18(23)20-17-10-9-14(2)13-15(17)3/h9-10,13H,5-8,11-12H2,1-4H3,(H,20,23)(H,22,24)/b21-16+. The number of aryl methyl sites for hydroxylation is 2. The Morgan fingerprint density at radius 1 is 1.04 bits per heavy atom. The van der Waals surface area contributed by atoms with Gasteiger partial charge in [-0.25, -0.2) is 5.43 Å². The Balaban J connectivity index is 2.33. The van der Waals surface area contributed by atoms with Gasteiger partial charge in [0.1, 0.15) is 0 Å². The fraction of sp³-hybridized carbons (Fsp3) is 0.526. The minimum atomic E-state index is -0.236. The lowest BCUT2D eigenvalue weighted by Gasteiger charge is -2.09. The van der Waals surface area contributed by atoms with Crippen LogP contribution in [0.15, 0.2) is 23.3 Å². The number of hydrogen-bond acceptors (Lipinski definition) is 3. The molecule has 0 spiro atoms. The largest absolute Gasteiger partial charge is 0.326 e. The second kappa shape index (κ2) is 10.6. The molecule has 0 radical (unpaired) electrons. The van der Waals surface area contributed by atoms with Crippen molar-refractivity contribution in [1.29, 1.82) is 0 Å². The number of nitrogens with one attached hydrogen (secondary N) is 2. The molecule has 0 aliphatic carbocycles. The van der Waals surface area contributed by atoms with Gasteiger partial charge in [0.15, 0.2) is 0 Å². The number of carbonyl (C=O) groups excluding carboxylic acids is 2. The third kappa shape index (κ3) is 7.90. The lowest BCUT2D eigenvalue weighted by atomic mass is 10.1. The lowest BCUT2D eigenvalue weighted by Crippen LogP contribution is -2.21. The Hall–Kier alpha value is -2.17.